The van der Waals surface area contributed by atoms with E-state index >= 15 is 0 Å². The summed E-state index contributed by atoms with van der Waals surface area (Å²) < 4.78 is 64.5. The van der Waals surface area contributed by atoms with Crippen molar-refractivity contribution in [1.82, 2.24) is 10.3 Å². The maximum Gasteiger partial charge on any atom is 0.263 e. The number of aromatic amines is 1. The number of rotatable bonds is 8. The fourth-order valence-corrected chi connectivity index (χ4v) is 5.05. The molecule has 0 saturated carbocycles. The van der Waals surface area contributed by atoms with Crippen molar-refractivity contribution in [2.75, 3.05) is 6.26 Å². The summed E-state index contributed by atoms with van der Waals surface area (Å²) in [6.45, 7) is 1.52. The maximum absolute atomic E-state index is 14.3. The molecule has 210 valence electrons. The zero-order chi connectivity index (χ0) is 29.9. The Balaban J connectivity index is 1.77. The molecule has 41 heavy (non-hydrogen) atoms. The van der Waals surface area contributed by atoms with E-state index in [9.17, 15) is 31.2 Å². The molecule has 7 nitrogen and oxygen atoms in total. The number of benzene rings is 3. The summed E-state index contributed by atoms with van der Waals surface area (Å²) in [7, 11) is -3.41. The molecule has 2 N–H and O–H groups in total. The molecule has 1 heterocycles. The van der Waals surface area contributed by atoms with Crippen LogP contribution < -0.4 is 10.7 Å². The van der Waals surface area contributed by atoms with Gasteiger partial charge in [0.1, 0.15) is 17.4 Å². The number of halogens is 3. The second-order valence-corrected chi connectivity index (χ2v) is 11.5. The lowest BCUT2D eigenvalue weighted by Crippen LogP contribution is -2.32. The van der Waals surface area contributed by atoms with Crippen molar-refractivity contribution >= 4 is 15.7 Å². The van der Waals surface area contributed by atoms with Gasteiger partial charge in [0.05, 0.1) is 10.5 Å². The Bertz CT molecular complexity index is 1840. The second kappa shape index (κ2) is 11.8. The van der Waals surface area contributed by atoms with Gasteiger partial charge >= 0.3 is 0 Å². The average molecular weight is 580 g/mol. The van der Waals surface area contributed by atoms with Gasteiger partial charge in [0.25, 0.3) is 12.3 Å². The SMILES string of the molecule is Cc1[nH]c(Cc2ccc(C#N)c(F)c2)c(C(=O)NCc2ccc(S(C)(=O)=O)cc2)c(=O)c1-c1cccc(C(F)F)c1. The van der Waals surface area contributed by atoms with E-state index in [-0.39, 0.29) is 51.4 Å². The van der Waals surface area contributed by atoms with Crippen LogP contribution in [0.4, 0.5) is 13.2 Å². The predicted molar refractivity (Wildman–Crippen MR) is 147 cm³/mol. The Morgan fingerprint density at radius 3 is 2.34 bits per heavy atom. The molecule has 0 atom stereocenters. The van der Waals surface area contributed by atoms with Gasteiger partial charge in [-0.2, -0.15) is 5.26 Å². The lowest BCUT2D eigenvalue weighted by molar-refractivity contribution is 0.0948. The van der Waals surface area contributed by atoms with Gasteiger partial charge in [0.15, 0.2) is 9.84 Å². The largest absolute Gasteiger partial charge is 0.361 e. The Hall–Kier alpha value is -4.69. The number of H-pyrrole nitrogens is 1. The van der Waals surface area contributed by atoms with Gasteiger partial charge in [0, 0.05) is 41.7 Å². The third-order valence-corrected chi connectivity index (χ3v) is 7.59. The number of nitrogens with zero attached hydrogens (tertiary/aromatic N) is 1. The first-order valence-corrected chi connectivity index (χ1v) is 14.2. The first-order valence-electron chi connectivity index (χ1n) is 12.3. The van der Waals surface area contributed by atoms with Crippen LogP contribution in [0, 0.1) is 24.1 Å². The van der Waals surface area contributed by atoms with Crippen molar-refractivity contribution in [3.63, 3.8) is 0 Å². The predicted octanol–water partition coefficient (Wildman–Crippen LogP) is 5.22. The number of hydrogen-bond donors (Lipinski definition) is 2. The maximum atomic E-state index is 14.3. The number of aromatic nitrogens is 1. The number of carbonyl (C=O) groups excluding carboxylic acids is 1. The highest BCUT2D eigenvalue weighted by molar-refractivity contribution is 7.90. The summed E-state index contributed by atoms with van der Waals surface area (Å²) in [5.41, 5.74) is 0.215. The van der Waals surface area contributed by atoms with Crippen LogP contribution in [-0.2, 0) is 22.8 Å². The third kappa shape index (κ3) is 6.56. The van der Waals surface area contributed by atoms with Gasteiger partial charge in [-0.3, -0.25) is 9.59 Å². The van der Waals surface area contributed by atoms with Crippen LogP contribution >= 0.6 is 0 Å². The smallest absolute Gasteiger partial charge is 0.263 e. The van der Waals surface area contributed by atoms with Crippen LogP contribution in [0.1, 0.15) is 50.4 Å². The first kappa shape index (κ1) is 29.3. The van der Waals surface area contributed by atoms with Crippen molar-refractivity contribution in [2.45, 2.75) is 31.2 Å². The zero-order valence-electron chi connectivity index (χ0n) is 22.0. The molecule has 11 heteroatoms. The Morgan fingerprint density at radius 2 is 1.73 bits per heavy atom. The molecule has 1 aromatic heterocycles. The van der Waals surface area contributed by atoms with Gasteiger partial charge in [-0.15, -0.1) is 0 Å². The summed E-state index contributed by atoms with van der Waals surface area (Å²) in [4.78, 5) is 30.4. The summed E-state index contributed by atoms with van der Waals surface area (Å²) in [6.07, 6.45) is -1.76. The molecule has 1 amide bonds. The number of nitriles is 1. The van der Waals surface area contributed by atoms with Gasteiger partial charge < -0.3 is 10.3 Å². The molecule has 0 bridgehead atoms. The minimum atomic E-state index is -3.41. The molecule has 0 spiro atoms. The number of sulfone groups is 1. The van der Waals surface area contributed by atoms with Crippen molar-refractivity contribution < 1.29 is 26.4 Å². The van der Waals surface area contributed by atoms with Crippen LogP contribution in [0.15, 0.2) is 76.4 Å². The van der Waals surface area contributed by atoms with Crippen molar-refractivity contribution in [1.29, 1.82) is 5.26 Å². The first-order chi connectivity index (χ1) is 19.4. The molecule has 0 unspecified atom stereocenters. The monoisotopic (exact) mass is 579 g/mol. The molecule has 0 saturated heterocycles. The minimum Gasteiger partial charge on any atom is -0.361 e. The highest BCUT2D eigenvalue weighted by Gasteiger charge is 2.23. The van der Waals surface area contributed by atoms with E-state index in [0.29, 0.717) is 16.8 Å². The van der Waals surface area contributed by atoms with E-state index in [1.54, 1.807) is 13.0 Å². The molecule has 0 aliphatic rings. The number of carbonyl (C=O) groups is 1. The Labute approximate surface area is 234 Å². The molecule has 4 rings (SSSR count). The second-order valence-electron chi connectivity index (χ2n) is 9.44. The van der Waals surface area contributed by atoms with E-state index < -0.39 is 33.4 Å². The molecule has 4 aromatic rings. The van der Waals surface area contributed by atoms with E-state index in [2.05, 4.69) is 10.3 Å². The third-order valence-electron chi connectivity index (χ3n) is 6.46. The average Bonchev–Trinajstić information content (AvgIpc) is 2.91. The zero-order valence-corrected chi connectivity index (χ0v) is 22.8. The number of amides is 1. The summed E-state index contributed by atoms with van der Waals surface area (Å²) in [5.74, 6) is -1.53. The number of hydrogen-bond acceptors (Lipinski definition) is 5. The molecule has 0 radical (unpaired) electrons. The molecule has 0 aliphatic heterocycles. The van der Waals surface area contributed by atoms with Crippen molar-refractivity contribution in [2.24, 2.45) is 0 Å². The summed E-state index contributed by atoms with van der Waals surface area (Å²) >= 11 is 0. The summed E-state index contributed by atoms with van der Waals surface area (Å²) in [6, 6.07) is 16.8. The molecular formula is C30H24F3N3O4S. The van der Waals surface area contributed by atoms with Crippen LogP contribution in [0.25, 0.3) is 11.1 Å². The van der Waals surface area contributed by atoms with Crippen molar-refractivity contribution in [3.05, 3.63) is 122 Å². The molecule has 3 aromatic carbocycles. The van der Waals surface area contributed by atoms with E-state index in [1.807, 2.05) is 0 Å². The fraction of sp³-hybridized carbons (Fsp3) is 0.167. The van der Waals surface area contributed by atoms with E-state index in [0.717, 1.165) is 12.3 Å². The quantitative estimate of drug-likeness (QED) is 0.297. The molecule has 0 fully saturated rings. The van der Waals surface area contributed by atoms with Crippen molar-refractivity contribution in [3.8, 4) is 17.2 Å². The Morgan fingerprint density at radius 1 is 1.05 bits per heavy atom. The Kier molecular flexibility index (Phi) is 8.44. The van der Waals surface area contributed by atoms with Gasteiger partial charge in [-0.25, -0.2) is 21.6 Å². The summed E-state index contributed by atoms with van der Waals surface area (Å²) in [5, 5.41) is 11.7. The molecule has 0 aliphatic carbocycles. The number of alkyl halides is 2. The van der Waals surface area contributed by atoms with Crippen LogP contribution in [0.3, 0.4) is 0 Å². The van der Waals surface area contributed by atoms with Gasteiger partial charge in [-0.1, -0.05) is 36.4 Å². The normalized spacial score (nSPS) is 11.3. The highest BCUT2D eigenvalue weighted by Crippen LogP contribution is 2.27. The van der Waals surface area contributed by atoms with Gasteiger partial charge in [-0.05, 0) is 53.9 Å². The number of aryl methyl sites for hydroxylation is 1. The lowest BCUT2D eigenvalue weighted by atomic mass is 9.95. The standard InChI is InChI=1S/C30H24F3N3O4S/c1-17-26(20-4-3-5-21(14-20)29(32)33)28(37)27(25(36-17)13-19-6-9-22(15-34)24(31)12-19)30(38)35-16-18-7-10-23(11-8-18)41(2,39)40/h3-12,14,29H,13,16H2,1-2H3,(H,35,38)(H,36,37). The van der Waals surface area contributed by atoms with Gasteiger partial charge in [0.2, 0.25) is 5.43 Å². The van der Waals surface area contributed by atoms with Crippen LogP contribution in [-0.4, -0.2) is 25.6 Å². The minimum absolute atomic E-state index is 0.0323. The van der Waals surface area contributed by atoms with E-state index in [1.165, 1.54) is 60.7 Å². The molecular weight excluding hydrogens is 555 g/mol. The topological polar surface area (TPSA) is 120 Å². The van der Waals surface area contributed by atoms with Crippen LogP contribution in [0.5, 0.6) is 0 Å². The van der Waals surface area contributed by atoms with E-state index in [4.69, 9.17) is 5.26 Å². The number of nitrogens with one attached hydrogen (secondary N) is 2. The number of pyridine rings is 1. The van der Waals surface area contributed by atoms with Crippen LogP contribution in [0.2, 0.25) is 0 Å². The highest BCUT2D eigenvalue weighted by atomic mass is 32.2. The lowest BCUT2D eigenvalue weighted by Gasteiger charge is -2.16. The fourth-order valence-electron chi connectivity index (χ4n) is 4.42.